The maximum Gasteiger partial charge on any atom is 0.0779 e. The minimum Gasteiger partial charge on any atom is -0.374 e. The number of benzene rings is 1. The Labute approximate surface area is 125 Å². The van der Waals surface area contributed by atoms with Gasteiger partial charge in [0.05, 0.1) is 5.60 Å². The van der Waals surface area contributed by atoms with E-state index < -0.39 is 0 Å². The van der Waals surface area contributed by atoms with Crippen LogP contribution < -0.4 is 0 Å². The van der Waals surface area contributed by atoms with Gasteiger partial charge in [0.2, 0.25) is 0 Å². The molecular weight excluding hydrogens is 300 g/mol. The fraction of sp³-hybridized carbons (Fsp3) is 0.647. The fourth-order valence-electron chi connectivity index (χ4n) is 2.81. The zero-order chi connectivity index (χ0) is 13.6. The molecule has 1 aromatic carbocycles. The smallest absolute Gasteiger partial charge is 0.0779 e. The van der Waals surface area contributed by atoms with Crippen molar-refractivity contribution in [3.05, 3.63) is 35.9 Å². The summed E-state index contributed by atoms with van der Waals surface area (Å²) in [6.45, 7) is 3.24. The van der Waals surface area contributed by atoms with Gasteiger partial charge >= 0.3 is 0 Å². The van der Waals surface area contributed by atoms with Crippen molar-refractivity contribution in [1.29, 1.82) is 0 Å². The van der Waals surface area contributed by atoms with Gasteiger partial charge in [0.1, 0.15) is 0 Å². The number of alkyl halides is 1. The summed E-state index contributed by atoms with van der Waals surface area (Å²) in [5, 5.41) is 0.984. The number of hydrogen-bond acceptors (Lipinski definition) is 1. The maximum absolute atomic E-state index is 6.24. The Morgan fingerprint density at radius 1 is 1.21 bits per heavy atom. The summed E-state index contributed by atoms with van der Waals surface area (Å²) in [6.07, 6.45) is 7.29. The van der Waals surface area contributed by atoms with Crippen molar-refractivity contribution >= 4 is 15.9 Å². The van der Waals surface area contributed by atoms with Crippen molar-refractivity contribution in [2.24, 2.45) is 5.92 Å². The molecule has 0 atom stereocenters. The summed E-state index contributed by atoms with van der Waals surface area (Å²) in [4.78, 5) is 0. The van der Waals surface area contributed by atoms with E-state index >= 15 is 0 Å². The molecule has 0 aliphatic heterocycles. The van der Waals surface area contributed by atoms with Crippen LogP contribution in [0.1, 0.15) is 44.6 Å². The van der Waals surface area contributed by atoms with Crippen LogP contribution in [0.2, 0.25) is 0 Å². The average Bonchev–Trinajstić information content (AvgIpc) is 2.47. The largest absolute Gasteiger partial charge is 0.374 e. The van der Waals surface area contributed by atoms with Crippen LogP contribution in [0, 0.1) is 5.92 Å². The number of hydrogen-bond donors (Lipinski definition) is 0. The summed E-state index contributed by atoms with van der Waals surface area (Å²) in [6, 6.07) is 10.7. The van der Waals surface area contributed by atoms with Crippen molar-refractivity contribution in [1.82, 2.24) is 0 Å². The van der Waals surface area contributed by atoms with Crippen molar-refractivity contribution < 1.29 is 4.74 Å². The van der Waals surface area contributed by atoms with E-state index in [1.165, 1.54) is 31.2 Å². The second-order valence-electron chi connectivity index (χ2n) is 5.94. The molecule has 0 amide bonds. The molecule has 1 fully saturated rings. The average molecular weight is 325 g/mol. The zero-order valence-corrected chi connectivity index (χ0v) is 13.5. The van der Waals surface area contributed by atoms with Gasteiger partial charge in [-0.2, -0.15) is 0 Å². The van der Waals surface area contributed by atoms with Crippen molar-refractivity contribution in [2.75, 3.05) is 11.9 Å². The summed E-state index contributed by atoms with van der Waals surface area (Å²) in [5.41, 5.74) is 1.53. The molecule has 2 rings (SSSR count). The summed E-state index contributed by atoms with van der Waals surface area (Å²) < 4.78 is 6.24. The summed E-state index contributed by atoms with van der Waals surface area (Å²) in [5.74, 6) is 0.875. The second-order valence-corrected chi connectivity index (χ2v) is 6.50. The van der Waals surface area contributed by atoms with Crippen LogP contribution >= 0.6 is 15.9 Å². The quantitative estimate of drug-likeness (QED) is 0.529. The van der Waals surface area contributed by atoms with Crippen molar-refractivity contribution in [2.45, 2.75) is 51.0 Å². The molecule has 19 heavy (non-hydrogen) atoms. The minimum absolute atomic E-state index is 0.114. The predicted molar refractivity (Wildman–Crippen MR) is 84.9 cm³/mol. The standard InChI is InChI=1S/C17H25BrO/c1-15-9-11-17(14-18,12-10-15)19-13-5-8-16-6-3-2-4-7-16/h2-4,6-7,15H,5,8-14H2,1H3. The van der Waals surface area contributed by atoms with E-state index in [4.69, 9.17) is 4.74 Å². The van der Waals surface area contributed by atoms with Gasteiger partial charge in [0.25, 0.3) is 0 Å². The van der Waals surface area contributed by atoms with E-state index in [1.807, 2.05) is 0 Å². The molecule has 0 saturated heterocycles. The second kappa shape index (κ2) is 7.44. The van der Waals surface area contributed by atoms with Gasteiger partial charge in [-0.3, -0.25) is 0 Å². The van der Waals surface area contributed by atoms with Gasteiger partial charge in [-0.25, -0.2) is 0 Å². The molecular formula is C17H25BrO. The number of halogens is 1. The van der Waals surface area contributed by atoms with Crippen molar-refractivity contribution in [3.63, 3.8) is 0 Å². The third kappa shape index (κ3) is 4.61. The normalized spacial score (nSPS) is 27.4. The molecule has 0 unspecified atom stereocenters. The van der Waals surface area contributed by atoms with E-state index in [1.54, 1.807) is 0 Å². The molecule has 0 heterocycles. The Hall–Kier alpha value is -0.340. The molecule has 1 aliphatic carbocycles. The Balaban J connectivity index is 1.72. The first kappa shape index (κ1) is 15.1. The molecule has 0 bridgehead atoms. The molecule has 1 aromatic rings. The van der Waals surface area contributed by atoms with E-state index in [0.717, 1.165) is 30.7 Å². The highest BCUT2D eigenvalue weighted by Gasteiger charge is 2.33. The van der Waals surface area contributed by atoms with Gasteiger partial charge in [0, 0.05) is 11.9 Å². The third-order valence-corrected chi connectivity index (χ3v) is 5.31. The van der Waals surface area contributed by atoms with E-state index in [0.29, 0.717) is 0 Å². The van der Waals surface area contributed by atoms with Crippen LogP contribution in [0.15, 0.2) is 30.3 Å². The molecule has 0 N–H and O–H groups in total. The fourth-order valence-corrected chi connectivity index (χ4v) is 3.54. The third-order valence-electron chi connectivity index (χ3n) is 4.29. The molecule has 1 aliphatic rings. The minimum atomic E-state index is 0.114. The topological polar surface area (TPSA) is 9.23 Å². The Morgan fingerprint density at radius 3 is 2.53 bits per heavy atom. The molecule has 1 saturated carbocycles. The first-order valence-corrected chi connectivity index (χ1v) is 8.60. The molecule has 1 nitrogen and oxygen atoms in total. The van der Waals surface area contributed by atoms with E-state index in [2.05, 4.69) is 53.2 Å². The Morgan fingerprint density at radius 2 is 1.89 bits per heavy atom. The lowest BCUT2D eigenvalue weighted by atomic mass is 9.80. The first-order chi connectivity index (χ1) is 9.24. The Kier molecular flexibility index (Phi) is 5.90. The highest BCUT2D eigenvalue weighted by molar-refractivity contribution is 9.09. The summed E-state index contributed by atoms with van der Waals surface area (Å²) >= 11 is 3.66. The molecule has 0 spiro atoms. The predicted octanol–water partition coefficient (Wildman–Crippen LogP) is 4.98. The molecule has 106 valence electrons. The van der Waals surface area contributed by atoms with Gasteiger partial charge in [-0.05, 0) is 50.0 Å². The van der Waals surface area contributed by atoms with E-state index in [9.17, 15) is 0 Å². The SMILES string of the molecule is CC1CCC(CBr)(OCCCc2ccccc2)CC1. The molecule has 0 aromatic heterocycles. The zero-order valence-electron chi connectivity index (χ0n) is 11.9. The Bertz CT molecular complexity index is 355. The van der Waals surface area contributed by atoms with Gasteiger partial charge in [0.15, 0.2) is 0 Å². The lowest BCUT2D eigenvalue weighted by Crippen LogP contribution is -2.38. The van der Waals surface area contributed by atoms with Crippen LogP contribution in [0.25, 0.3) is 0 Å². The van der Waals surface area contributed by atoms with Crippen LogP contribution in [0.4, 0.5) is 0 Å². The van der Waals surface area contributed by atoms with Crippen LogP contribution in [0.5, 0.6) is 0 Å². The number of rotatable bonds is 6. The van der Waals surface area contributed by atoms with Gasteiger partial charge in [-0.15, -0.1) is 0 Å². The molecule has 2 heteroatoms. The van der Waals surface area contributed by atoms with Crippen LogP contribution in [-0.2, 0) is 11.2 Å². The number of aryl methyl sites for hydroxylation is 1. The summed E-state index contributed by atoms with van der Waals surface area (Å²) in [7, 11) is 0. The molecule has 0 radical (unpaired) electrons. The maximum atomic E-state index is 6.24. The number of ether oxygens (including phenoxy) is 1. The lowest BCUT2D eigenvalue weighted by molar-refractivity contribution is -0.0593. The van der Waals surface area contributed by atoms with Crippen LogP contribution in [-0.4, -0.2) is 17.5 Å². The van der Waals surface area contributed by atoms with Crippen molar-refractivity contribution in [3.8, 4) is 0 Å². The highest BCUT2D eigenvalue weighted by atomic mass is 79.9. The first-order valence-electron chi connectivity index (χ1n) is 7.48. The highest BCUT2D eigenvalue weighted by Crippen LogP contribution is 2.36. The van der Waals surface area contributed by atoms with Gasteiger partial charge in [-0.1, -0.05) is 53.2 Å². The monoisotopic (exact) mass is 324 g/mol. The van der Waals surface area contributed by atoms with E-state index in [-0.39, 0.29) is 5.60 Å². The lowest BCUT2D eigenvalue weighted by Gasteiger charge is -2.38. The van der Waals surface area contributed by atoms with Crippen LogP contribution in [0.3, 0.4) is 0 Å². The van der Waals surface area contributed by atoms with Gasteiger partial charge < -0.3 is 4.74 Å².